The summed E-state index contributed by atoms with van der Waals surface area (Å²) in [7, 11) is 0. The largest absolute Gasteiger partial charge is 0.352 e. The number of carbonyl (C=O) groups is 1. The minimum absolute atomic E-state index is 0.00890. The van der Waals surface area contributed by atoms with Gasteiger partial charge in [-0.25, -0.2) is 14.4 Å². The molecule has 0 unspecified atom stereocenters. The number of piperazine rings is 1. The van der Waals surface area contributed by atoms with Crippen LogP contribution in [-0.4, -0.2) is 47.0 Å². The van der Waals surface area contributed by atoms with Gasteiger partial charge in [-0.15, -0.1) is 11.3 Å². The fourth-order valence-corrected chi connectivity index (χ4v) is 5.97. The number of aryl methyl sites for hydroxylation is 4. The number of benzene rings is 1. The topological polar surface area (TPSA) is 49.3 Å². The normalized spacial score (nSPS) is 16.3. The van der Waals surface area contributed by atoms with Crippen LogP contribution in [0.25, 0.3) is 10.2 Å². The van der Waals surface area contributed by atoms with Crippen LogP contribution >= 0.6 is 11.3 Å². The SMILES string of the molecule is C=CC(=O)N1CCN(c2nc(CCc3ccc(F)cc3)nc3sc4c(c23)CCCC4)CC1. The highest BCUT2D eigenvalue weighted by Crippen LogP contribution is 2.40. The smallest absolute Gasteiger partial charge is 0.246 e. The monoisotopic (exact) mass is 450 g/mol. The molecule has 5 rings (SSSR count). The van der Waals surface area contributed by atoms with Crippen LogP contribution in [0.15, 0.2) is 36.9 Å². The summed E-state index contributed by atoms with van der Waals surface area (Å²) in [6, 6.07) is 6.66. The minimum Gasteiger partial charge on any atom is -0.352 e. The molecule has 1 saturated heterocycles. The van der Waals surface area contributed by atoms with Gasteiger partial charge in [-0.1, -0.05) is 18.7 Å². The average Bonchev–Trinajstić information content (AvgIpc) is 3.21. The molecule has 3 heterocycles. The van der Waals surface area contributed by atoms with Crippen molar-refractivity contribution in [3.63, 3.8) is 0 Å². The Labute approximate surface area is 191 Å². The summed E-state index contributed by atoms with van der Waals surface area (Å²) in [4.78, 5) is 28.7. The molecule has 5 nitrogen and oxygen atoms in total. The molecule has 166 valence electrons. The number of hydrogen-bond acceptors (Lipinski definition) is 5. The maximum absolute atomic E-state index is 13.2. The van der Waals surface area contributed by atoms with Gasteiger partial charge < -0.3 is 9.80 Å². The molecule has 0 spiro atoms. The summed E-state index contributed by atoms with van der Waals surface area (Å²) in [6.45, 7) is 6.48. The van der Waals surface area contributed by atoms with E-state index in [1.54, 1.807) is 0 Å². The molecule has 1 aromatic carbocycles. The number of aromatic nitrogens is 2. The lowest BCUT2D eigenvalue weighted by Gasteiger charge is -2.35. The van der Waals surface area contributed by atoms with E-state index in [4.69, 9.17) is 9.97 Å². The lowest BCUT2D eigenvalue weighted by Crippen LogP contribution is -2.48. The molecule has 1 aliphatic heterocycles. The van der Waals surface area contributed by atoms with Crippen molar-refractivity contribution in [2.45, 2.75) is 38.5 Å². The van der Waals surface area contributed by atoms with Gasteiger partial charge in [0.05, 0.1) is 5.39 Å². The van der Waals surface area contributed by atoms with E-state index < -0.39 is 0 Å². The van der Waals surface area contributed by atoms with Gasteiger partial charge in [0, 0.05) is 37.5 Å². The van der Waals surface area contributed by atoms with E-state index in [2.05, 4.69) is 11.5 Å². The molecule has 2 aromatic heterocycles. The molecule has 0 N–H and O–H groups in total. The third kappa shape index (κ3) is 4.13. The Morgan fingerprint density at radius 1 is 1.06 bits per heavy atom. The van der Waals surface area contributed by atoms with Gasteiger partial charge >= 0.3 is 0 Å². The first-order chi connectivity index (χ1) is 15.6. The zero-order valence-corrected chi connectivity index (χ0v) is 19.0. The summed E-state index contributed by atoms with van der Waals surface area (Å²) in [5.74, 6) is 1.63. The number of rotatable bonds is 5. The van der Waals surface area contributed by atoms with Gasteiger partial charge in [0.1, 0.15) is 22.3 Å². The summed E-state index contributed by atoms with van der Waals surface area (Å²) in [6.07, 6.45) is 7.55. The van der Waals surface area contributed by atoms with E-state index >= 15 is 0 Å². The Hall–Kier alpha value is -2.80. The van der Waals surface area contributed by atoms with Gasteiger partial charge in [0.25, 0.3) is 0 Å². The first kappa shape index (κ1) is 21.1. The summed E-state index contributed by atoms with van der Waals surface area (Å²) < 4.78 is 13.2. The van der Waals surface area contributed by atoms with Crippen LogP contribution in [0.5, 0.6) is 0 Å². The van der Waals surface area contributed by atoms with Gasteiger partial charge in [0.15, 0.2) is 0 Å². The molecule has 1 fully saturated rings. The van der Waals surface area contributed by atoms with Crippen LogP contribution in [0.3, 0.4) is 0 Å². The second kappa shape index (κ2) is 8.98. The number of fused-ring (bicyclic) bond motifs is 3. The lowest BCUT2D eigenvalue weighted by atomic mass is 9.96. The van der Waals surface area contributed by atoms with Crippen LogP contribution in [0.2, 0.25) is 0 Å². The quantitative estimate of drug-likeness (QED) is 0.543. The predicted octanol–water partition coefficient (Wildman–Crippen LogP) is 4.33. The molecule has 32 heavy (non-hydrogen) atoms. The van der Waals surface area contributed by atoms with Gasteiger partial charge in [-0.05, 0) is 61.4 Å². The Balaban J connectivity index is 1.46. The number of halogens is 1. The molecule has 0 radical (unpaired) electrons. The molecular weight excluding hydrogens is 423 g/mol. The van der Waals surface area contributed by atoms with E-state index in [9.17, 15) is 9.18 Å². The van der Waals surface area contributed by atoms with Crippen molar-refractivity contribution in [1.29, 1.82) is 0 Å². The predicted molar refractivity (Wildman–Crippen MR) is 127 cm³/mol. The Kier molecular flexibility index (Phi) is 5.91. The van der Waals surface area contributed by atoms with Crippen molar-refractivity contribution in [1.82, 2.24) is 14.9 Å². The second-order valence-electron chi connectivity index (χ2n) is 8.50. The summed E-state index contributed by atoms with van der Waals surface area (Å²) in [5.41, 5.74) is 2.51. The maximum atomic E-state index is 13.2. The Morgan fingerprint density at radius 3 is 2.56 bits per heavy atom. The van der Waals surface area contributed by atoms with Crippen LogP contribution in [0.1, 0.15) is 34.7 Å². The van der Waals surface area contributed by atoms with E-state index in [-0.39, 0.29) is 11.7 Å². The van der Waals surface area contributed by atoms with Gasteiger partial charge in [0.2, 0.25) is 5.91 Å². The third-order valence-corrected chi connectivity index (χ3v) is 7.64. The number of thiophene rings is 1. The molecule has 2 aliphatic rings. The van der Waals surface area contributed by atoms with E-state index in [1.807, 2.05) is 28.4 Å². The van der Waals surface area contributed by atoms with Crippen LogP contribution in [0, 0.1) is 5.82 Å². The number of nitrogens with zero attached hydrogens (tertiary/aromatic N) is 4. The fraction of sp³-hybridized carbons (Fsp3) is 0.400. The number of anilines is 1. The Morgan fingerprint density at radius 2 is 1.81 bits per heavy atom. The zero-order valence-electron chi connectivity index (χ0n) is 18.1. The van der Waals surface area contributed by atoms with E-state index in [0.717, 1.165) is 54.4 Å². The molecule has 1 amide bonds. The van der Waals surface area contributed by atoms with Crippen molar-refractivity contribution in [2.24, 2.45) is 0 Å². The van der Waals surface area contributed by atoms with Gasteiger partial charge in [-0.3, -0.25) is 4.79 Å². The van der Waals surface area contributed by atoms with E-state index in [0.29, 0.717) is 19.5 Å². The van der Waals surface area contributed by atoms with Crippen molar-refractivity contribution in [3.05, 3.63) is 64.6 Å². The third-order valence-electron chi connectivity index (χ3n) is 6.46. The van der Waals surface area contributed by atoms with Crippen LogP contribution in [-0.2, 0) is 30.5 Å². The number of carbonyl (C=O) groups excluding carboxylic acids is 1. The molecular formula is C25H27FN4OS. The molecule has 1 aliphatic carbocycles. The minimum atomic E-state index is -0.216. The summed E-state index contributed by atoms with van der Waals surface area (Å²) in [5, 5.41) is 1.22. The molecule has 0 bridgehead atoms. The fourth-order valence-electron chi connectivity index (χ4n) is 4.70. The number of amides is 1. The first-order valence-electron chi connectivity index (χ1n) is 11.3. The standard InChI is InChI=1S/C25H27FN4OS/c1-2-22(31)29-13-15-30(16-14-29)24-23-19-5-3-4-6-20(19)32-25(23)28-21(27-24)12-9-17-7-10-18(26)11-8-17/h2,7-8,10-11H,1,3-6,9,12-16H2. The first-order valence-corrected chi connectivity index (χ1v) is 12.2. The van der Waals surface area contributed by atoms with E-state index in [1.165, 1.54) is 46.9 Å². The van der Waals surface area contributed by atoms with Crippen molar-refractivity contribution in [2.75, 3.05) is 31.1 Å². The van der Waals surface area contributed by atoms with Crippen molar-refractivity contribution >= 4 is 33.3 Å². The van der Waals surface area contributed by atoms with Gasteiger partial charge in [-0.2, -0.15) is 0 Å². The van der Waals surface area contributed by atoms with Crippen molar-refractivity contribution < 1.29 is 9.18 Å². The summed E-state index contributed by atoms with van der Waals surface area (Å²) >= 11 is 1.82. The van der Waals surface area contributed by atoms with Crippen LogP contribution < -0.4 is 4.90 Å². The molecule has 0 saturated carbocycles. The Bertz CT molecular complexity index is 1150. The molecule has 3 aromatic rings. The highest BCUT2D eigenvalue weighted by atomic mass is 32.1. The highest BCUT2D eigenvalue weighted by molar-refractivity contribution is 7.19. The van der Waals surface area contributed by atoms with Crippen LogP contribution in [0.4, 0.5) is 10.2 Å². The van der Waals surface area contributed by atoms with Crippen molar-refractivity contribution in [3.8, 4) is 0 Å². The second-order valence-corrected chi connectivity index (χ2v) is 9.58. The molecule has 7 heteroatoms. The maximum Gasteiger partial charge on any atom is 0.246 e. The lowest BCUT2D eigenvalue weighted by molar-refractivity contribution is -0.126. The zero-order chi connectivity index (χ0) is 22.1. The molecule has 0 atom stereocenters. The average molecular weight is 451 g/mol. The highest BCUT2D eigenvalue weighted by Gasteiger charge is 2.26. The number of hydrogen-bond donors (Lipinski definition) is 0.